The Kier molecular flexibility index (Phi) is 10.0. The minimum absolute atomic E-state index is 0.0358. The summed E-state index contributed by atoms with van der Waals surface area (Å²) in [5.41, 5.74) is 10.3. The number of ether oxygens (including phenoxy) is 2. The van der Waals surface area contributed by atoms with E-state index in [1.165, 1.54) is 11.9 Å². The Hall–Kier alpha value is -4.63. The maximum absolute atomic E-state index is 13.3. The predicted molar refractivity (Wildman–Crippen MR) is 173 cm³/mol. The van der Waals surface area contributed by atoms with Crippen LogP contribution in [0, 0.1) is 5.92 Å². The van der Waals surface area contributed by atoms with Gasteiger partial charge in [0, 0.05) is 70.1 Å². The maximum Gasteiger partial charge on any atom is 0.414 e. The summed E-state index contributed by atoms with van der Waals surface area (Å²) in [6.45, 7) is 5.49. The fraction of sp³-hybridized carbons (Fsp3) is 0.545. The number of carboxylic acid groups (broad SMARTS) is 1. The van der Waals surface area contributed by atoms with Crippen molar-refractivity contribution in [3.8, 4) is 11.5 Å². The summed E-state index contributed by atoms with van der Waals surface area (Å²) >= 11 is 0. The van der Waals surface area contributed by atoms with Crippen LogP contribution in [0.3, 0.4) is 0 Å². The SMILES string of the molecule is C=CCN1CC[C@]23c4c5ccc(O)c4O[C@H]2C(OC(=O)N(C)CCNC(=O)[C@@H](CCCN=C(N)N)CC(=O)CC(=O)O)=CC[C@@]3(O)[C@H]1C5. The summed E-state index contributed by atoms with van der Waals surface area (Å²) in [6, 6.07) is 3.23. The molecule has 2 bridgehead atoms. The third-order valence-electron chi connectivity index (χ3n) is 10.0. The number of benzene rings is 1. The summed E-state index contributed by atoms with van der Waals surface area (Å²) in [4.78, 5) is 56.8. The lowest BCUT2D eigenvalue weighted by molar-refractivity contribution is -0.166. The number of aliphatic hydroxyl groups is 1. The van der Waals surface area contributed by atoms with Crippen LogP contribution in [0.1, 0.15) is 49.7 Å². The van der Waals surface area contributed by atoms with E-state index in [0.717, 1.165) is 11.1 Å². The van der Waals surface area contributed by atoms with Crippen molar-refractivity contribution in [2.45, 2.75) is 68.1 Å². The quantitative estimate of drug-likeness (QED) is 0.0494. The molecule has 0 aromatic heterocycles. The number of hydrogen-bond acceptors (Lipinski definition) is 10. The van der Waals surface area contributed by atoms with Crippen LogP contribution in [-0.4, -0.2) is 112 Å². The number of carbonyl (C=O) groups excluding carboxylic acids is 3. The Labute approximate surface area is 278 Å². The van der Waals surface area contributed by atoms with Crippen molar-refractivity contribution in [3.63, 3.8) is 0 Å². The number of guanidine groups is 1. The normalized spacial score (nSPS) is 25.4. The molecular formula is C33H44N6O9. The maximum atomic E-state index is 13.3. The van der Waals surface area contributed by atoms with E-state index in [1.807, 2.05) is 12.1 Å². The molecule has 0 unspecified atom stereocenters. The molecule has 8 N–H and O–H groups in total. The molecule has 2 amide bonds. The number of hydrogen-bond donors (Lipinski definition) is 6. The van der Waals surface area contributed by atoms with Gasteiger partial charge < -0.3 is 46.5 Å². The van der Waals surface area contributed by atoms with E-state index < -0.39 is 53.2 Å². The van der Waals surface area contributed by atoms with Crippen LogP contribution in [0.2, 0.25) is 0 Å². The molecule has 1 saturated heterocycles. The number of carbonyl (C=O) groups is 4. The van der Waals surface area contributed by atoms with Crippen LogP contribution in [0.4, 0.5) is 4.79 Å². The molecule has 260 valence electrons. The van der Waals surface area contributed by atoms with Crippen LogP contribution < -0.4 is 21.5 Å². The van der Waals surface area contributed by atoms with E-state index in [2.05, 4.69) is 21.8 Å². The Morgan fingerprint density at radius 2 is 2.08 bits per heavy atom. The van der Waals surface area contributed by atoms with Gasteiger partial charge >= 0.3 is 12.1 Å². The van der Waals surface area contributed by atoms with Gasteiger partial charge in [-0.3, -0.25) is 24.3 Å². The van der Waals surface area contributed by atoms with E-state index in [0.29, 0.717) is 38.1 Å². The molecule has 1 aromatic rings. The van der Waals surface area contributed by atoms with Crippen molar-refractivity contribution in [2.75, 3.05) is 39.8 Å². The highest BCUT2D eigenvalue weighted by Crippen LogP contribution is 2.65. The Morgan fingerprint density at radius 3 is 2.79 bits per heavy atom. The number of rotatable bonds is 15. The number of aliphatic carboxylic acids is 1. The average molecular weight is 669 g/mol. The number of likely N-dealkylation sites (N-methyl/N-ethyl adjacent to an activating group) is 1. The van der Waals surface area contributed by atoms with Crippen LogP contribution >= 0.6 is 0 Å². The first-order chi connectivity index (χ1) is 22.8. The molecule has 2 aliphatic carbocycles. The van der Waals surface area contributed by atoms with Gasteiger partial charge in [0.25, 0.3) is 0 Å². The largest absolute Gasteiger partial charge is 0.504 e. The number of nitrogens with zero attached hydrogens (tertiary/aromatic N) is 3. The van der Waals surface area contributed by atoms with E-state index in [1.54, 1.807) is 12.1 Å². The summed E-state index contributed by atoms with van der Waals surface area (Å²) < 4.78 is 12.2. The molecular weight excluding hydrogens is 624 g/mol. The summed E-state index contributed by atoms with van der Waals surface area (Å²) in [6.07, 6.45) is 2.97. The van der Waals surface area contributed by atoms with Crippen molar-refractivity contribution >= 4 is 29.7 Å². The smallest absolute Gasteiger partial charge is 0.414 e. The topological polar surface area (TPSA) is 230 Å². The highest BCUT2D eigenvalue weighted by molar-refractivity contribution is 5.96. The van der Waals surface area contributed by atoms with Crippen LogP contribution in [0.15, 0.2) is 41.6 Å². The lowest BCUT2D eigenvalue weighted by Gasteiger charge is -2.62. The van der Waals surface area contributed by atoms with E-state index in [4.69, 9.17) is 26.0 Å². The molecule has 1 aromatic carbocycles. The van der Waals surface area contributed by atoms with E-state index >= 15 is 0 Å². The molecule has 2 aliphatic heterocycles. The molecule has 5 rings (SSSR count). The van der Waals surface area contributed by atoms with Gasteiger partial charge in [-0.15, -0.1) is 6.58 Å². The minimum Gasteiger partial charge on any atom is -0.504 e. The van der Waals surface area contributed by atoms with Gasteiger partial charge in [0.1, 0.15) is 18.0 Å². The Morgan fingerprint density at radius 1 is 1.31 bits per heavy atom. The number of amides is 2. The van der Waals surface area contributed by atoms with Crippen LogP contribution in [-0.2, 0) is 31.0 Å². The molecule has 1 spiro atoms. The average Bonchev–Trinajstić information content (AvgIpc) is 3.38. The van der Waals surface area contributed by atoms with Gasteiger partial charge in [-0.25, -0.2) is 4.79 Å². The van der Waals surface area contributed by atoms with Gasteiger partial charge in [0.15, 0.2) is 23.6 Å². The molecule has 48 heavy (non-hydrogen) atoms. The standard InChI is InChI=1S/C33H44N6O9/c1-3-13-39-14-10-32-26-19-6-7-22(41)27(26)48-28(32)23(8-9-33(32,46)24(39)17-19)47-31(45)38(2)15-12-36-29(44)20(5-4-11-37-30(34)35)16-21(40)18-25(42)43/h3,6-8,20,24,28,41,46H,1,4-5,9-18H2,2H3,(H,36,44)(H,42,43)(H4,34,35,37)/t20-,24+,28-,32-,33+/m0/s1. The molecule has 0 saturated carbocycles. The zero-order valence-corrected chi connectivity index (χ0v) is 27.0. The third kappa shape index (κ3) is 6.31. The lowest BCUT2D eigenvalue weighted by atomic mass is 9.50. The van der Waals surface area contributed by atoms with Crippen molar-refractivity contribution in [2.24, 2.45) is 22.4 Å². The van der Waals surface area contributed by atoms with Crippen LogP contribution in [0.5, 0.6) is 11.5 Å². The monoisotopic (exact) mass is 668 g/mol. The molecule has 5 atom stereocenters. The summed E-state index contributed by atoms with van der Waals surface area (Å²) in [5.74, 6) is -2.70. The molecule has 2 heterocycles. The number of likely N-dealkylation sites (tertiary alicyclic amines) is 1. The summed E-state index contributed by atoms with van der Waals surface area (Å²) in [7, 11) is 1.51. The number of piperidine rings is 1. The van der Waals surface area contributed by atoms with Gasteiger partial charge in [-0.05, 0) is 43.4 Å². The van der Waals surface area contributed by atoms with Crippen molar-refractivity contribution < 1.29 is 44.0 Å². The first-order valence-corrected chi connectivity index (χ1v) is 16.1. The van der Waals surface area contributed by atoms with Crippen molar-refractivity contribution in [3.05, 3.63) is 47.7 Å². The number of nitrogens with two attached hydrogens (primary N) is 2. The number of aliphatic imine (C=N–C) groups is 1. The fourth-order valence-electron chi connectivity index (χ4n) is 7.85. The van der Waals surface area contributed by atoms with Crippen molar-refractivity contribution in [1.29, 1.82) is 0 Å². The van der Waals surface area contributed by atoms with Crippen molar-refractivity contribution in [1.82, 2.24) is 15.1 Å². The molecule has 4 aliphatic rings. The highest BCUT2D eigenvalue weighted by atomic mass is 16.6. The number of aromatic hydroxyl groups is 1. The van der Waals surface area contributed by atoms with Gasteiger partial charge in [-0.2, -0.15) is 0 Å². The second-order valence-electron chi connectivity index (χ2n) is 12.9. The zero-order valence-electron chi connectivity index (χ0n) is 27.0. The Balaban J connectivity index is 1.24. The number of phenols is 1. The number of Topliss-reactive ketones (excluding diaryl/α,β-unsaturated/α-hetero) is 1. The minimum atomic E-state index is -1.28. The number of ketones is 1. The molecule has 0 radical (unpaired) electrons. The van der Waals surface area contributed by atoms with Crippen LogP contribution in [0.25, 0.3) is 0 Å². The molecule has 1 fully saturated rings. The third-order valence-corrected chi connectivity index (χ3v) is 10.0. The first kappa shape index (κ1) is 34.7. The number of nitrogens with one attached hydrogen (secondary N) is 1. The first-order valence-electron chi connectivity index (χ1n) is 16.1. The Bertz CT molecular complexity index is 1540. The highest BCUT2D eigenvalue weighted by Gasteiger charge is 2.72. The number of carboxylic acids is 1. The zero-order chi connectivity index (χ0) is 34.8. The number of phenolic OH excluding ortho intramolecular Hbond substituents is 1. The fourth-order valence-corrected chi connectivity index (χ4v) is 7.85. The second-order valence-corrected chi connectivity index (χ2v) is 12.9. The molecule has 15 heteroatoms. The lowest BCUT2D eigenvalue weighted by Crippen LogP contribution is -2.75. The van der Waals surface area contributed by atoms with E-state index in [-0.39, 0.29) is 62.4 Å². The second kappa shape index (κ2) is 13.8. The predicted octanol–water partition coefficient (Wildman–Crippen LogP) is 0.514. The van der Waals surface area contributed by atoms with E-state index in [9.17, 15) is 29.4 Å². The molecule has 15 nitrogen and oxygen atoms in total. The summed E-state index contributed by atoms with van der Waals surface area (Å²) in [5, 5.41) is 34.9. The van der Waals surface area contributed by atoms with Gasteiger partial charge in [0.05, 0.1) is 11.0 Å². The van der Waals surface area contributed by atoms with Gasteiger partial charge in [0.2, 0.25) is 5.91 Å². The van der Waals surface area contributed by atoms with Gasteiger partial charge in [-0.1, -0.05) is 12.1 Å².